The van der Waals surface area contributed by atoms with Gasteiger partial charge in [-0.25, -0.2) is 13.2 Å². The molecule has 0 saturated heterocycles. The number of amides is 1. The number of benzene rings is 1. The number of carboxylic acids is 1. The number of aliphatic carboxylic acids is 1. The van der Waals surface area contributed by atoms with Crippen molar-refractivity contribution in [3.05, 3.63) is 29.8 Å². The second-order valence-electron chi connectivity index (χ2n) is 5.29. The van der Waals surface area contributed by atoms with Gasteiger partial charge in [-0.2, -0.15) is 8.78 Å². The van der Waals surface area contributed by atoms with Gasteiger partial charge in [-0.3, -0.25) is 4.79 Å². The molecule has 1 aliphatic carbocycles. The molecule has 1 aromatic rings. The topological polar surface area (TPSA) is 91.8 Å². The third kappa shape index (κ3) is 3.49. The minimum Gasteiger partial charge on any atom is -0.480 e. The second-order valence-corrected chi connectivity index (χ2v) is 7.21. The molecular formula is C14H15F2NO5S. The van der Waals surface area contributed by atoms with Gasteiger partial charge >= 0.3 is 11.7 Å². The molecule has 2 rings (SSSR count). The van der Waals surface area contributed by atoms with E-state index in [1.165, 1.54) is 11.8 Å². The summed E-state index contributed by atoms with van der Waals surface area (Å²) in [6, 6.07) is 2.87. The van der Waals surface area contributed by atoms with Crippen molar-refractivity contribution in [2.45, 2.75) is 42.5 Å². The first kappa shape index (κ1) is 17.3. The molecule has 1 aromatic carbocycles. The Morgan fingerprint density at radius 1 is 1.22 bits per heavy atom. The van der Waals surface area contributed by atoms with E-state index in [1.807, 2.05) is 0 Å². The summed E-state index contributed by atoms with van der Waals surface area (Å²) in [5, 5.41) is 9.08. The number of sulfone groups is 1. The maximum absolute atomic E-state index is 12.5. The molecule has 1 unspecified atom stereocenters. The molecule has 1 amide bonds. The van der Waals surface area contributed by atoms with Gasteiger partial charge < -0.3 is 10.0 Å². The number of alkyl halides is 2. The normalized spacial score (nSPS) is 16.2. The van der Waals surface area contributed by atoms with Crippen molar-refractivity contribution in [1.82, 2.24) is 4.90 Å². The molecule has 1 N–H and O–H groups in total. The van der Waals surface area contributed by atoms with Gasteiger partial charge in [0.15, 0.2) is 0 Å². The quantitative estimate of drug-likeness (QED) is 0.847. The number of halogens is 2. The van der Waals surface area contributed by atoms with E-state index in [0.717, 1.165) is 24.3 Å². The summed E-state index contributed by atoms with van der Waals surface area (Å²) in [6.07, 6.45) is 1.39. The van der Waals surface area contributed by atoms with Crippen molar-refractivity contribution in [3.63, 3.8) is 0 Å². The van der Waals surface area contributed by atoms with Crippen LogP contribution in [0.15, 0.2) is 29.2 Å². The number of carbonyl (C=O) groups is 2. The Hall–Kier alpha value is -2.03. The molecule has 1 fully saturated rings. The number of carbonyl (C=O) groups excluding carboxylic acids is 1. The minimum atomic E-state index is -4.73. The minimum absolute atomic E-state index is 0.0539. The lowest BCUT2D eigenvalue weighted by atomic mass is 10.1. The van der Waals surface area contributed by atoms with E-state index in [1.54, 1.807) is 0 Å². The Balaban J connectivity index is 2.27. The lowest BCUT2D eigenvalue weighted by molar-refractivity contribution is -0.141. The van der Waals surface area contributed by atoms with Crippen LogP contribution in [0.5, 0.6) is 0 Å². The fourth-order valence-electron chi connectivity index (χ4n) is 2.17. The summed E-state index contributed by atoms with van der Waals surface area (Å²) in [7, 11) is -4.73. The highest BCUT2D eigenvalue weighted by Gasteiger charge is 2.39. The van der Waals surface area contributed by atoms with E-state index in [2.05, 4.69) is 0 Å². The first-order chi connectivity index (χ1) is 10.7. The lowest BCUT2D eigenvalue weighted by Gasteiger charge is -2.26. The zero-order valence-corrected chi connectivity index (χ0v) is 13.0. The third-order valence-corrected chi connectivity index (χ3v) is 5.01. The Morgan fingerprint density at radius 3 is 2.13 bits per heavy atom. The molecule has 23 heavy (non-hydrogen) atoms. The van der Waals surface area contributed by atoms with E-state index in [9.17, 15) is 26.8 Å². The highest BCUT2D eigenvalue weighted by Crippen LogP contribution is 2.30. The Labute approximate surface area is 131 Å². The van der Waals surface area contributed by atoms with Gasteiger partial charge in [-0.1, -0.05) is 0 Å². The van der Waals surface area contributed by atoms with Gasteiger partial charge in [0, 0.05) is 11.6 Å². The van der Waals surface area contributed by atoms with Gasteiger partial charge in [0.2, 0.25) is 9.84 Å². The SMILES string of the molecule is CC(C(=O)O)N(C(=O)c1ccc(S(=O)(=O)C(F)F)cc1)C1CC1. The summed E-state index contributed by atoms with van der Waals surface area (Å²) in [5.41, 5.74) is 0.0539. The molecule has 0 aromatic heterocycles. The van der Waals surface area contributed by atoms with Crippen LogP contribution in [0.25, 0.3) is 0 Å². The van der Waals surface area contributed by atoms with E-state index >= 15 is 0 Å². The standard InChI is InChI=1S/C14H15F2NO5S/c1-8(13(19)20)17(10-4-5-10)12(18)9-2-6-11(7-3-9)23(21,22)14(15)16/h2-3,6-8,10,14H,4-5H2,1H3,(H,19,20). The first-order valence-corrected chi connectivity index (χ1v) is 8.38. The predicted octanol–water partition coefficient (Wildman–Crippen LogP) is 1.76. The number of hydrogen-bond acceptors (Lipinski definition) is 4. The number of hydrogen-bond donors (Lipinski definition) is 1. The van der Waals surface area contributed by atoms with Crippen LogP contribution in [0.1, 0.15) is 30.1 Å². The van der Waals surface area contributed by atoms with Crippen molar-refractivity contribution in [1.29, 1.82) is 0 Å². The molecular weight excluding hydrogens is 332 g/mol. The molecule has 126 valence electrons. The van der Waals surface area contributed by atoms with Crippen LogP contribution in [-0.4, -0.2) is 48.1 Å². The van der Waals surface area contributed by atoms with Gasteiger partial charge in [-0.05, 0) is 44.0 Å². The van der Waals surface area contributed by atoms with E-state index < -0.39 is 38.4 Å². The smallest absolute Gasteiger partial charge is 0.341 e. The van der Waals surface area contributed by atoms with Crippen LogP contribution >= 0.6 is 0 Å². The van der Waals surface area contributed by atoms with E-state index in [4.69, 9.17) is 5.11 Å². The van der Waals surface area contributed by atoms with Crippen LogP contribution in [0.2, 0.25) is 0 Å². The zero-order valence-electron chi connectivity index (χ0n) is 12.1. The van der Waals surface area contributed by atoms with Crippen molar-refractivity contribution >= 4 is 21.7 Å². The van der Waals surface area contributed by atoms with Crippen molar-refractivity contribution < 1.29 is 31.9 Å². The monoisotopic (exact) mass is 347 g/mol. The van der Waals surface area contributed by atoms with Crippen LogP contribution in [-0.2, 0) is 14.6 Å². The van der Waals surface area contributed by atoms with Crippen molar-refractivity contribution in [3.8, 4) is 0 Å². The highest BCUT2D eigenvalue weighted by atomic mass is 32.2. The third-order valence-electron chi connectivity index (χ3n) is 3.61. The Bertz CT molecular complexity index is 713. The average molecular weight is 347 g/mol. The molecule has 1 aliphatic rings. The Kier molecular flexibility index (Phi) is 4.69. The Morgan fingerprint density at radius 2 is 1.74 bits per heavy atom. The summed E-state index contributed by atoms with van der Waals surface area (Å²) in [4.78, 5) is 24.2. The average Bonchev–Trinajstić information content (AvgIpc) is 3.31. The molecule has 0 radical (unpaired) electrons. The molecule has 9 heteroatoms. The zero-order chi connectivity index (χ0) is 17.4. The van der Waals surface area contributed by atoms with Crippen LogP contribution in [0, 0.1) is 0 Å². The predicted molar refractivity (Wildman–Crippen MR) is 75.9 cm³/mol. The maximum atomic E-state index is 12.5. The highest BCUT2D eigenvalue weighted by molar-refractivity contribution is 7.91. The fraction of sp³-hybridized carbons (Fsp3) is 0.429. The van der Waals surface area contributed by atoms with E-state index in [-0.39, 0.29) is 11.6 Å². The molecule has 0 spiro atoms. The van der Waals surface area contributed by atoms with E-state index in [0.29, 0.717) is 12.8 Å². The number of rotatable bonds is 6. The van der Waals surface area contributed by atoms with Gasteiger partial charge in [0.1, 0.15) is 6.04 Å². The fourth-order valence-corrected chi connectivity index (χ4v) is 2.89. The first-order valence-electron chi connectivity index (χ1n) is 6.84. The number of nitrogens with zero attached hydrogens (tertiary/aromatic N) is 1. The largest absolute Gasteiger partial charge is 0.480 e. The van der Waals surface area contributed by atoms with Crippen molar-refractivity contribution in [2.24, 2.45) is 0 Å². The summed E-state index contributed by atoms with van der Waals surface area (Å²) in [6.45, 7) is 1.38. The lowest BCUT2D eigenvalue weighted by Crippen LogP contribution is -2.44. The van der Waals surface area contributed by atoms with Gasteiger partial charge in [0.05, 0.1) is 4.90 Å². The van der Waals surface area contributed by atoms with Gasteiger partial charge in [-0.15, -0.1) is 0 Å². The van der Waals surface area contributed by atoms with Crippen LogP contribution in [0.3, 0.4) is 0 Å². The maximum Gasteiger partial charge on any atom is 0.341 e. The van der Waals surface area contributed by atoms with Gasteiger partial charge in [0.25, 0.3) is 5.91 Å². The molecule has 0 bridgehead atoms. The molecule has 6 nitrogen and oxygen atoms in total. The summed E-state index contributed by atoms with van der Waals surface area (Å²) in [5.74, 6) is -5.26. The summed E-state index contributed by atoms with van der Waals surface area (Å²) >= 11 is 0. The molecule has 0 heterocycles. The second kappa shape index (κ2) is 6.23. The molecule has 0 aliphatic heterocycles. The summed E-state index contributed by atoms with van der Waals surface area (Å²) < 4.78 is 47.6. The van der Waals surface area contributed by atoms with Crippen molar-refractivity contribution in [2.75, 3.05) is 0 Å². The number of carboxylic acid groups (broad SMARTS) is 1. The van der Waals surface area contributed by atoms with Crippen LogP contribution in [0.4, 0.5) is 8.78 Å². The molecule has 1 atom stereocenters. The molecule has 1 saturated carbocycles. The van der Waals surface area contributed by atoms with Crippen LogP contribution < -0.4 is 0 Å².